The molecule has 0 bridgehead atoms. The van der Waals surface area contributed by atoms with E-state index in [0.717, 1.165) is 30.3 Å². The van der Waals surface area contributed by atoms with Crippen LogP contribution in [0, 0.1) is 5.92 Å². The zero-order valence-corrected chi connectivity index (χ0v) is 15.7. The maximum atomic E-state index is 6.11. The average Bonchev–Trinajstić information content (AvgIpc) is 3.46. The number of fused-ring (bicyclic) bond motifs is 1. The molecule has 0 aromatic carbocycles. The first-order valence-corrected chi connectivity index (χ1v) is 10.4. The molecule has 0 radical (unpaired) electrons. The summed E-state index contributed by atoms with van der Waals surface area (Å²) in [7, 11) is 0. The van der Waals surface area contributed by atoms with Gasteiger partial charge >= 0.3 is 0 Å². The van der Waals surface area contributed by atoms with Crippen LogP contribution >= 0.6 is 0 Å². The van der Waals surface area contributed by atoms with Crippen LogP contribution in [-0.2, 0) is 22.4 Å². The molecule has 2 aliphatic heterocycles. The molecule has 0 spiro atoms. The highest BCUT2D eigenvalue weighted by molar-refractivity contribution is 5.01. The number of nitrogens with two attached hydrogens (primary N) is 1. The van der Waals surface area contributed by atoms with E-state index < -0.39 is 0 Å². The van der Waals surface area contributed by atoms with Gasteiger partial charge in [0.15, 0.2) is 5.76 Å². The van der Waals surface area contributed by atoms with Crippen LogP contribution in [0.4, 0.5) is 0 Å². The molecule has 2 N–H and O–H groups in total. The Hall–Kier alpha value is -1.70. The molecular formula is C20H29N4O3+. The molecule has 3 fully saturated rings. The minimum atomic E-state index is 0.0621. The quantitative estimate of drug-likeness (QED) is 0.829. The molecule has 2 aromatic rings. The number of rotatable bonds is 6. The number of aromatic nitrogens is 3. The third-order valence-electron chi connectivity index (χ3n) is 6.39. The fourth-order valence-electron chi connectivity index (χ4n) is 4.89. The summed E-state index contributed by atoms with van der Waals surface area (Å²) in [6.07, 6.45) is 11.8. The van der Waals surface area contributed by atoms with E-state index >= 15 is 0 Å². The normalized spacial score (nSPS) is 31.4. The molecule has 0 unspecified atom stereocenters. The summed E-state index contributed by atoms with van der Waals surface area (Å²) < 4.78 is 19.6. The monoisotopic (exact) mass is 373 g/mol. The van der Waals surface area contributed by atoms with Crippen molar-refractivity contribution in [2.45, 2.75) is 69.4 Å². The molecule has 1 saturated carbocycles. The van der Waals surface area contributed by atoms with Gasteiger partial charge in [0.2, 0.25) is 0 Å². The second-order valence-electron chi connectivity index (χ2n) is 8.24. The second-order valence-corrected chi connectivity index (χ2v) is 8.24. The van der Waals surface area contributed by atoms with E-state index in [-0.39, 0.29) is 18.2 Å². The Labute approximate surface area is 159 Å². The SMILES string of the molecule is c1coc(C[NH2+][C@H]2CO[C@H]3[C@@H]2OC[C@@H]3n2cc(CC3CCCCC3)nn2)c1. The minimum Gasteiger partial charge on any atom is -0.463 e. The molecule has 7 heteroatoms. The number of nitrogens with zero attached hydrogens (tertiary/aromatic N) is 3. The molecule has 2 saturated heterocycles. The molecule has 3 aliphatic rings. The number of quaternary nitrogens is 1. The van der Waals surface area contributed by atoms with Crippen molar-refractivity contribution in [2.75, 3.05) is 13.2 Å². The summed E-state index contributed by atoms with van der Waals surface area (Å²) in [6.45, 7) is 2.16. The topological polar surface area (TPSA) is 78.9 Å². The lowest BCUT2D eigenvalue weighted by Gasteiger charge is -2.20. The minimum absolute atomic E-state index is 0.0621. The van der Waals surface area contributed by atoms with Crippen molar-refractivity contribution in [3.8, 4) is 0 Å². The Kier molecular flexibility index (Phi) is 4.98. The molecule has 1 aliphatic carbocycles. The predicted octanol–water partition coefficient (Wildman–Crippen LogP) is 1.46. The van der Waals surface area contributed by atoms with Crippen LogP contribution in [0.25, 0.3) is 0 Å². The van der Waals surface area contributed by atoms with E-state index in [4.69, 9.17) is 13.9 Å². The Morgan fingerprint density at radius 1 is 1.11 bits per heavy atom. The van der Waals surface area contributed by atoms with Gasteiger partial charge in [-0.2, -0.15) is 0 Å². The van der Waals surface area contributed by atoms with Gasteiger partial charge in [0.1, 0.15) is 37.4 Å². The predicted molar refractivity (Wildman–Crippen MR) is 96.9 cm³/mol. The molecular weight excluding hydrogens is 344 g/mol. The lowest BCUT2D eigenvalue weighted by atomic mass is 9.86. The maximum Gasteiger partial charge on any atom is 0.157 e. The van der Waals surface area contributed by atoms with Gasteiger partial charge < -0.3 is 19.2 Å². The van der Waals surface area contributed by atoms with E-state index in [1.165, 1.54) is 32.1 Å². The van der Waals surface area contributed by atoms with Gasteiger partial charge in [-0.25, -0.2) is 4.68 Å². The number of hydrogen-bond donors (Lipinski definition) is 1. The summed E-state index contributed by atoms with van der Waals surface area (Å²) in [5.41, 5.74) is 1.12. The van der Waals surface area contributed by atoms with E-state index in [0.29, 0.717) is 19.3 Å². The largest absolute Gasteiger partial charge is 0.463 e. The van der Waals surface area contributed by atoms with Gasteiger partial charge in [-0.05, 0) is 24.5 Å². The number of ether oxygens (including phenoxy) is 2. The Balaban J connectivity index is 1.19. The first kappa shape index (κ1) is 17.4. The van der Waals surface area contributed by atoms with E-state index in [1.807, 2.05) is 16.8 Å². The van der Waals surface area contributed by atoms with Crippen LogP contribution in [0.1, 0.15) is 49.6 Å². The zero-order valence-electron chi connectivity index (χ0n) is 15.7. The van der Waals surface area contributed by atoms with Crippen LogP contribution in [-0.4, -0.2) is 46.5 Å². The fraction of sp³-hybridized carbons (Fsp3) is 0.700. The van der Waals surface area contributed by atoms with Crippen LogP contribution in [0.2, 0.25) is 0 Å². The van der Waals surface area contributed by atoms with Crippen LogP contribution < -0.4 is 5.32 Å². The molecule has 5 rings (SSSR count). The third-order valence-corrected chi connectivity index (χ3v) is 6.39. The molecule has 146 valence electrons. The molecule has 27 heavy (non-hydrogen) atoms. The van der Waals surface area contributed by atoms with Crippen molar-refractivity contribution >= 4 is 0 Å². The molecule has 4 atom stereocenters. The van der Waals surface area contributed by atoms with E-state index in [1.54, 1.807) is 6.26 Å². The third kappa shape index (κ3) is 3.68. The molecule has 4 heterocycles. The van der Waals surface area contributed by atoms with Gasteiger partial charge in [0, 0.05) is 6.20 Å². The molecule has 7 nitrogen and oxygen atoms in total. The van der Waals surface area contributed by atoms with Crippen molar-refractivity contribution in [1.29, 1.82) is 0 Å². The van der Waals surface area contributed by atoms with Gasteiger partial charge in [0.25, 0.3) is 0 Å². The molecule has 0 amide bonds. The highest BCUT2D eigenvalue weighted by atomic mass is 16.6. The van der Waals surface area contributed by atoms with Crippen LogP contribution in [0.5, 0.6) is 0 Å². The standard InChI is InChI=1S/C20H28N4O3/c1-2-5-14(6-3-1)9-15-11-24(23-22-15)18-13-27-19-17(12-26-20(18)19)21-10-16-7-4-8-25-16/h4,7-8,11,14,17-21H,1-3,5-6,9-10,12-13H2/p+1/t17-,18-,19+,20+/m0/s1. The first-order chi connectivity index (χ1) is 13.4. The highest BCUT2D eigenvalue weighted by Crippen LogP contribution is 2.33. The van der Waals surface area contributed by atoms with Gasteiger partial charge in [-0.1, -0.05) is 37.3 Å². The van der Waals surface area contributed by atoms with Gasteiger partial charge in [-0.15, -0.1) is 5.10 Å². The van der Waals surface area contributed by atoms with Crippen molar-refractivity contribution in [3.63, 3.8) is 0 Å². The maximum absolute atomic E-state index is 6.11. The lowest BCUT2D eigenvalue weighted by molar-refractivity contribution is -0.709. The van der Waals surface area contributed by atoms with Crippen molar-refractivity contribution in [2.24, 2.45) is 5.92 Å². The fourth-order valence-corrected chi connectivity index (χ4v) is 4.89. The summed E-state index contributed by atoms with van der Waals surface area (Å²) in [5, 5.41) is 11.1. The Morgan fingerprint density at radius 2 is 2.00 bits per heavy atom. The summed E-state index contributed by atoms with van der Waals surface area (Å²) >= 11 is 0. The average molecular weight is 373 g/mol. The van der Waals surface area contributed by atoms with Gasteiger partial charge in [0.05, 0.1) is 18.6 Å². The Morgan fingerprint density at radius 3 is 2.85 bits per heavy atom. The smallest absolute Gasteiger partial charge is 0.157 e. The van der Waals surface area contributed by atoms with Crippen molar-refractivity contribution < 1.29 is 19.2 Å². The van der Waals surface area contributed by atoms with Crippen LogP contribution in [0.15, 0.2) is 29.0 Å². The molecule has 2 aromatic heterocycles. The van der Waals surface area contributed by atoms with E-state index in [2.05, 4.69) is 21.8 Å². The summed E-state index contributed by atoms with van der Waals surface area (Å²) in [6, 6.07) is 4.36. The van der Waals surface area contributed by atoms with Gasteiger partial charge in [-0.3, -0.25) is 0 Å². The highest BCUT2D eigenvalue weighted by Gasteiger charge is 2.50. The van der Waals surface area contributed by atoms with Crippen molar-refractivity contribution in [1.82, 2.24) is 15.0 Å². The first-order valence-electron chi connectivity index (χ1n) is 10.4. The zero-order chi connectivity index (χ0) is 18.1. The Bertz CT molecular complexity index is 725. The lowest BCUT2D eigenvalue weighted by Crippen LogP contribution is -2.91. The number of furan rings is 1. The number of hydrogen-bond acceptors (Lipinski definition) is 5. The summed E-state index contributed by atoms with van der Waals surface area (Å²) in [4.78, 5) is 0. The van der Waals surface area contributed by atoms with Crippen LogP contribution in [0.3, 0.4) is 0 Å². The van der Waals surface area contributed by atoms with Crippen molar-refractivity contribution in [3.05, 3.63) is 36.0 Å². The summed E-state index contributed by atoms with van der Waals surface area (Å²) in [5.74, 6) is 1.76. The van der Waals surface area contributed by atoms with E-state index in [9.17, 15) is 0 Å². The second kappa shape index (κ2) is 7.73.